The van der Waals surface area contributed by atoms with Gasteiger partial charge in [0.05, 0.1) is 26.4 Å². The molecule has 564 valence electrons. The van der Waals surface area contributed by atoms with Gasteiger partial charge in [-0.3, -0.25) is 37.3 Å². The van der Waals surface area contributed by atoms with Crippen LogP contribution in [0, 0.1) is 11.8 Å². The summed E-state index contributed by atoms with van der Waals surface area (Å²) >= 11 is 0. The third-order valence-electron chi connectivity index (χ3n) is 18.1. The van der Waals surface area contributed by atoms with E-state index in [1.54, 1.807) is 0 Å². The zero-order valence-corrected chi connectivity index (χ0v) is 63.8. The average molecular weight is 1400 g/mol. The van der Waals surface area contributed by atoms with Crippen LogP contribution in [0.1, 0.15) is 395 Å². The van der Waals surface area contributed by atoms with Gasteiger partial charge in [0.25, 0.3) is 0 Å². The van der Waals surface area contributed by atoms with Crippen molar-refractivity contribution in [2.24, 2.45) is 11.8 Å². The summed E-state index contributed by atoms with van der Waals surface area (Å²) in [7, 11) is -9.91. The Labute approximate surface area is 581 Å². The van der Waals surface area contributed by atoms with E-state index in [0.717, 1.165) is 102 Å². The summed E-state index contributed by atoms with van der Waals surface area (Å²) in [5.74, 6) is -0.671. The molecular formula is C76H148O17P2. The lowest BCUT2D eigenvalue weighted by Gasteiger charge is -2.21. The fourth-order valence-electron chi connectivity index (χ4n) is 11.6. The minimum atomic E-state index is -4.96. The molecule has 0 saturated heterocycles. The van der Waals surface area contributed by atoms with Gasteiger partial charge in [-0.25, -0.2) is 9.13 Å². The molecule has 0 saturated carbocycles. The fourth-order valence-corrected chi connectivity index (χ4v) is 13.2. The van der Waals surface area contributed by atoms with Gasteiger partial charge < -0.3 is 33.8 Å². The number of carbonyl (C=O) groups excluding carboxylic acids is 4. The molecule has 0 aromatic rings. The predicted molar refractivity (Wildman–Crippen MR) is 386 cm³/mol. The highest BCUT2D eigenvalue weighted by atomic mass is 31.2. The number of phosphoric acid groups is 2. The van der Waals surface area contributed by atoms with Crippen LogP contribution in [0.2, 0.25) is 0 Å². The molecule has 95 heavy (non-hydrogen) atoms. The molecule has 0 radical (unpaired) electrons. The van der Waals surface area contributed by atoms with Crippen LogP contribution in [0.3, 0.4) is 0 Å². The molecule has 0 spiro atoms. The van der Waals surface area contributed by atoms with Gasteiger partial charge in [-0.2, -0.15) is 0 Å². The standard InChI is InChI=1S/C76H148O17P2/c1-7-10-12-14-16-18-20-22-23-24-25-26-27-28-29-31-33-35-40-48-54-60-75(80)92-71(64-86-73(78)58-52-46-39-34-32-30-21-19-17-15-13-11-8-2)66-90-94(82,83)88-62-70(77)63-89-95(84,85)91-67-72(65-87-74(79)59-53-47-43-42-44-50-56-68(4)5)93-76(81)61-55-49-41-37-36-38-45-51-57-69(6)9-3/h68-72,77H,7-67H2,1-6H3,(H,82,83)(H,84,85)/t69?,70-,71-,72-/m1/s1. The van der Waals surface area contributed by atoms with Crippen molar-refractivity contribution in [3.05, 3.63) is 0 Å². The Morgan fingerprint density at radius 2 is 0.537 bits per heavy atom. The van der Waals surface area contributed by atoms with Crippen molar-refractivity contribution in [1.29, 1.82) is 0 Å². The summed E-state index contributed by atoms with van der Waals surface area (Å²) < 4.78 is 68.5. The van der Waals surface area contributed by atoms with Gasteiger partial charge in [0.2, 0.25) is 0 Å². The van der Waals surface area contributed by atoms with Gasteiger partial charge in [0, 0.05) is 25.7 Å². The first-order chi connectivity index (χ1) is 45.9. The van der Waals surface area contributed by atoms with Gasteiger partial charge in [0.15, 0.2) is 12.2 Å². The lowest BCUT2D eigenvalue weighted by Crippen LogP contribution is -2.30. The van der Waals surface area contributed by atoms with E-state index >= 15 is 0 Å². The molecule has 3 unspecified atom stereocenters. The molecule has 0 bridgehead atoms. The number of rotatable bonds is 75. The molecule has 17 nitrogen and oxygen atoms in total. The second kappa shape index (κ2) is 67.9. The third kappa shape index (κ3) is 69.0. The number of hydrogen-bond donors (Lipinski definition) is 3. The zero-order chi connectivity index (χ0) is 70.0. The molecular weight excluding hydrogens is 1250 g/mol. The van der Waals surface area contributed by atoms with Crippen LogP contribution in [-0.2, 0) is 65.4 Å². The second-order valence-corrected chi connectivity index (χ2v) is 31.0. The van der Waals surface area contributed by atoms with Gasteiger partial charge in [-0.05, 0) is 37.5 Å². The quantitative estimate of drug-likeness (QED) is 0.0222. The van der Waals surface area contributed by atoms with Crippen molar-refractivity contribution >= 4 is 39.5 Å². The number of carbonyl (C=O) groups is 4. The van der Waals surface area contributed by atoms with E-state index in [9.17, 15) is 43.2 Å². The van der Waals surface area contributed by atoms with Crippen molar-refractivity contribution < 1.29 is 80.2 Å². The number of aliphatic hydroxyl groups excluding tert-OH is 1. The number of aliphatic hydroxyl groups is 1. The van der Waals surface area contributed by atoms with Crippen LogP contribution in [0.15, 0.2) is 0 Å². The van der Waals surface area contributed by atoms with Crippen molar-refractivity contribution in [1.82, 2.24) is 0 Å². The summed E-state index contributed by atoms with van der Waals surface area (Å²) in [6.45, 7) is 9.50. The fraction of sp³-hybridized carbons (Fsp3) is 0.947. The van der Waals surface area contributed by atoms with Crippen LogP contribution >= 0.6 is 15.6 Å². The summed E-state index contributed by atoms with van der Waals surface area (Å²) in [5.41, 5.74) is 0. The highest BCUT2D eigenvalue weighted by molar-refractivity contribution is 7.47. The third-order valence-corrected chi connectivity index (χ3v) is 20.0. The molecule has 0 aromatic carbocycles. The van der Waals surface area contributed by atoms with Crippen LogP contribution < -0.4 is 0 Å². The SMILES string of the molecule is CCCCCCCCCCCCCCCCCCCCCCCC(=O)O[C@H](COC(=O)CCCCCCCCCCCCCCC)COP(=O)(O)OC[C@@H](O)COP(=O)(O)OC[C@@H](COC(=O)CCCCCCCCC(C)C)OC(=O)CCCCCCCCCCC(C)CC. The Kier molecular flexibility index (Phi) is 66.5. The number of hydrogen-bond acceptors (Lipinski definition) is 15. The number of phosphoric ester groups is 2. The first-order valence-corrected chi connectivity index (χ1v) is 42.5. The van der Waals surface area contributed by atoms with Crippen LogP contribution in [0.5, 0.6) is 0 Å². The molecule has 19 heteroatoms. The van der Waals surface area contributed by atoms with Gasteiger partial charge in [-0.1, -0.05) is 343 Å². The van der Waals surface area contributed by atoms with E-state index in [4.69, 9.17) is 37.0 Å². The maximum Gasteiger partial charge on any atom is 0.472 e. The molecule has 0 fully saturated rings. The van der Waals surface area contributed by atoms with E-state index in [0.29, 0.717) is 31.6 Å². The minimum Gasteiger partial charge on any atom is -0.462 e. The van der Waals surface area contributed by atoms with Gasteiger partial charge in [-0.15, -0.1) is 0 Å². The lowest BCUT2D eigenvalue weighted by molar-refractivity contribution is -0.161. The molecule has 0 aliphatic carbocycles. The Morgan fingerprint density at radius 3 is 0.800 bits per heavy atom. The largest absolute Gasteiger partial charge is 0.472 e. The maximum absolute atomic E-state index is 13.1. The van der Waals surface area contributed by atoms with E-state index in [1.165, 1.54) is 205 Å². The molecule has 0 aromatic heterocycles. The second-order valence-electron chi connectivity index (χ2n) is 28.1. The molecule has 0 aliphatic rings. The average Bonchev–Trinajstić information content (AvgIpc) is 1.96. The first-order valence-electron chi connectivity index (χ1n) is 39.5. The van der Waals surface area contributed by atoms with Crippen molar-refractivity contribution in [2.75, 3.05) is 39.6 Å². The Balaban J connectivity index is 5.19. The molecule has 0 aliphatic heterocycles. The molecule has 0 rings (SSSR count). The Bertz CT molecular complexity index is 1840. The van der Waals surface area contributed by atoms with Gasteiger partial charge >= 0.3 is 39.5 Å². The van der Waals surface area contributed by atoms with Crippen LogP contribution in [-0.4, -0.2) is 96.7 Å². The van der Waals surface area contributed by atoms with Gasteiger partial charge in [0.1, 0.15) is 19.3 Å². The minimum absolute atomic E-state index is 0.104. The predicted octanol–water partition coefficient (Wildman–Crippen LogP) is 22.3. The normalized spacial score (nSPS) is 14.3. The molecule has 6 atom stereocenters. The van der Waals surface area contributed by atoms with E-state index < -0.39 is 97.5 Å². The summed E-state index contributed by atoms with van der Waals surface area (Å²) in [6.07, 6.45) is 55.7. The van der Waals surface area contributed by atoms with E-state index in [2.05, 4.69) is 41.5 Å². The molecule has 3 N–H and O–H groups in total. The topological polar surface area (TPSA) is 237 Å². The zero-order valence-electron chi connectivity index (χ0n) is 62.0. The Morgan fingerprint density at radius 1 is 0.305 bits per heavy atom. The van der Waals surface area contributed by atoms with Crippen molar-refractivity contribution in [3.8, 4) is 0 Å². The summed E-state index contributed by atoms with van der Waals surface area (Å²) in [6, 6.07) is 0. The Hall–Kier alpha value is -1.94. The summed E-state index contributed by atoms with van der Waals surface area (Å²) in [4.78, 5) is 72.7. The highest BCUT2D eigenvalue weighted by Crippen LogP contribution is 2.45. The van der Waals surface area contributed by atoms with Crippen molar-refractivity contribution in [2.45, 2.75) is 413 Å². The summed E-state index contributed by atoms with van der Waals surface area (Å²) in [5, 5.41) is 10.6. The van der Waals surface area contributed by atoms with Crippen LogP contribution in [0.25, 0.3) is 0 Å². The smallest absolute Gasteiger partial charge is 0.462 e. The van der Waals surface area contributed by atoms with Crippen molar-refractivity contribution in [3.63, 3.8) is 0 Å². The number of esters is 4. The first kappa shape index (κ1) is 93.1. The van der Waals surface area contributed by atoms with Crippen LogP contribution in [0.4, 0.5) is 0 Å². The molecule has 0 amide bonds. The monoisotopic (exact) mass is 1400 g/mol. The highest BCUT2D eigenvalue weighted by Gasteiger charge is 2.30. The molecule has 0 heterocycles. The van der Waals surface area contributed by atoms with E-state index in [-0.39, 0.29) is 25.7 Å². The number of ether oxygens (including phenoxy) is 4. The maximum atomic E-state index is 13.1. The lowest BCUT2D eigenvalue weighted by atomic mass is 9.99. The van der Waals surface area contributed by atoms with E-state index in [1.807, 2.05) is 0 Å². The number of unbranched alkanes of at least 4 members (excludes halogenated alkanes) is 44.